The van der Waals surface area contributed by atoms with Gasteiger partial charge in [-0.1, -0.05) is 11.8 Å². The zero-order valence-corrected chi connectivity index (χ0v) is 10.0. The van der Waals surface area contributed by atoms with Crippen LogP contribution in [0.4, 0.5) is 4.79 Å². The van der Waals surface area contributed by atoms with Crippen LogP contribution >= 0.6 is 11.8 Å². The summed E-state index contributed by atoms with van der Waals surface area (Å²) in [5.74, 6) is -0.368. The molecule has 0 fully saturated rings. The smallest absolute Gasteiger partial charge is 0.321 e. The van der Waals surface area contributed by atoms with Crippen LogP contribution < -0.4 is 10.6 Å². The Labute approximate surface area is 97.0 Å². The predicted octanol–water partition coefficient (Wildman–Crippen LogP) is -0.249. The van der Waals surface area contributed by atoms with Crippen molar-refractivity contribution in [2.24, 2.45) is 7.05 Å². The zero-order valence-electron chi connectivity index (χ0n) is 9.22. The van der Waals surface area contributed by atoms with Gasteiger partial charge in [-0.15, -0.1) is 10.2 Å². The van der Waals surface area contributed by atoms with Gasteiger partial charge in [-0.2, -0.15) is 0 Å². The van der Waals surface area contributed by atoms with Crippen molar-refractivity contribution in [2.75, 3.05) is 7.05 Å². The number of aromatic nitrogens is 3. The maximum atomic E-state index is 11.5. The van der Waals surface area contributed by atoms with Crippen molar-refractivity contribution in [3.63, 3.8) is 0 Å². The van der Waals surface area contributed by atoms with Crippen LogP contribution in [-0.2, 0) is 11.8 Å². The molecule has 0 aliphatic carbocycles. The third-order valence-electron chi connectivity index (χ3n) is 1.79. The third-order valence-corrected chi connectivity index (χ3v) is 2.93. The molecular weight excluding hydrogens is 230 g/mol. The first-order valence-electron chi connectivity index (χ1n) is 4.57. The normalized spacial score (nSPS) is 11.9. The lowest BCUT2D eigenvalue weighted by molar-refractivity contribution is -0.119. The van der Waals surface area contributed by atoms with Gasteiger partial charge in [-0.05, 0) is 6.92 Å². The molecule has 1 aromatic heterocycles. The van der Waals surface area contributed by atoms with Crippen LogP contribution in [0.25, 0.3) is 0 Å². The van der Waals surface area contributed by atoms with Gasteiger partial charge in [0, 0.05) is 14.1 Å². The molecule has 1 aromatic rings. The van der Waals surface area contributed by atoms with E-state index in [1.165, 1.54) is 18.8 Å². The van der Waals surface area contributed by atoms with Gasteiger partial charge < -0.3 is 9.88 Å². The van der Waals surface area contributed by atoms with Gasteiger partial charge in [0.1, 0.15) is 6.33 Å². The molecule has 3 amide bonds. The molecule has 0 aliphatic rings. The van der Waals surface area contributed by atoms with Gasteiger partial charge in [0.15, 0.2) is 5.16 Å². The van der Waals surface area contributed by atoms with E-state index in [9.17, 15) is 9.59 Å². The molecule has 2 N–H and O–H groups in total. The van der Waals surface area contributed by atoms with Crippen molar-refractivity contribution in [3.05, 3.63) is 6.33 Å². The number of urea groups is 1. The highest BCUT2D eigenvalue weighted by atomic mass is 32.2. The SMILES string of the molecule is CNC(=O)NC(=O)[C@H](C)Sc1nncn1C. The lowest BCUT2D eigenvalue weighted by Crippen LogP contribution is -2.41. The molecule has 0 aliphatic heterocycles. The van der Waals surface area contributed by atoms with E-state index in [2.05, 4.69) is 20.8 Å². The maximum Gasteiger partial charge on any atom is 0.321 e. The minimum Gasteiger partial charge on any atom is -0.341 e. The van der Waals surface area contributed by atoms with E-state index in [1.54, 1.807) is 24.9 Å². The number of carbonyl (C=O) groups excluding carboxylic acids is 2. The van der Waals surface area contributed by atoms with Crippen LogP contribution in [-0.4, -0.2) is 39.0 Å². The number of thioether (sulfide) groups is 1. The Kier molecular flexibility index (Phi) is 4.29. The summed E-state index contributed by atoms with van der Waals surface area (Å²) in [6, 6.07) is -0.518. The van der Waals surface area contributed by atoms with E-state index < -0.39 is 11.3 Å². The van der Waals surface area contributed by atoms with Crippen molar-refractivity contribution in [3.8, 4) is 0 Å². The second-order valence-corrected chi connectivity index (χ2v) is 4.36. The summed E-state index contributed by atoms with van der Waals surface area (Å²) in [6.07, 6.45) is 1.55. The Hall–Kier alpha value is -1.57. The predicted molar refractivity (Wildman–Crippen MR) is 58.9 cm³/mol. The fourth-order valence-corrected chi connectivity index (χ4v) is 1.66. The third kappa shape index (κ3) is 3.23. The van der Waals surface area contributed by atoms with Crippen LogP contribution in [0.5, 0.6) is 0 Å². The van der Waals surface area contributed by atoms with Crippen molar-refractivity contribution in [1.29, 1.82) is 0 Å². The number of hydrogen-bond acceptors (Lipinski definition) is 5. The molecule has 1 atom stereocenters. The molecule has 1 heterocycles. The van der Waals surface area contributed by atoms with Gasteiger partial charge in [-0.3, -0.25) is 10.1 Å². The van der Waals surface area contributed by atoms with Crippen molar-refractivity contribution in [2.45, 2.75) is 17.3 Å². The van der Waals surface area contributed by atoms with Gasteiger partial charge in [0.25, 0.3) is 0 Å². The van der Waals surface area contributed by atoms with Crippen molar-refractivity contribution < 1.29 is 9.59 Å². The molecule has 0 aromatic carbocycles. The highest BCUT2D eigenvalue weighted by Crippen LogP contribution is 2.19. The second-order valence-electron chi connectivity index (χ2n) is 3.05. The Balaban J connectivity index is 2.52. The van der Waals surface area contributed by atoms with Crippen LogP contribution in [0.1, 0.15) is 6.92 Å². The highest BCUT2D eigenvalue weighted by molar-refractivity contribution is 8.00. The van der Waals surface area contributed by atoms with Crippen molar-refractivity contribution >= 4 is 23.7 Å². The van der Waals surface area contributed by atoms with E-state index in [4.69, 9.17) is 0 Å². The summed E-state index contributed by atoms with van der Waals surface area (Å²) in [5.41, 5.74) is 0. The molecule has 7 nitrogen and oxygen atoms in total. The van der Waals surface area contributed by atoms with Gasteiger partial charge in [-0.25, -0.2) is 4.79 Å². The summed E-state index contributed by atoms with van der Waals surface area (Å²) in [7, 11) is 3.23. The second kappa shape index (κ2) is 5.50. The minimum absolute atomic E-state index is 0.368. The number of imide groups is 1. The molecule has 0 radical (unpaired) electrons. The molecule has 0 saturated carbocycles. The number of hydrogen-bond donors (Lipinski definition) is 2. The molecule has 0 spiro atoms. The van der Waals surface area contributed by atoms with Crippen LogP contribution in [0.2, 0.25) is 0 Å². The van der Waals surface area contributed by atoms with Gasteiger partial charge >= 0.3 is 6.03 Å². The van der Waals surface area contributed by atoms with E-state index in [-0.39, 0.29) is 5.91 Å². The summed E-state index contributed by atoms with van der Waals surface area (Å²) >= 11 is 1.23. The average Bonchev–Trinajstić information content (AvgIpc) is 2.64. The minimum atomic E-state index is -0.518. The standard InChI is InChI=1S/C8H13N5O2S/c1-5(6(14)11-7(15)9-2)16-8-12-10-4-13(8)3/h4-5H,1-3H3,(H2,9,11,14,15)/t5-/m0/s1. The van der Waals surface area contributed by atoms with E-state index in [0.29, 0.717) is 5.16 Å². The number of carbonyl (C=O) groups is 2. The Morgan fingerprint density at radius 2 is 2.25 bits per heavy atom. The maximum absolute atomic E-state index is 11.5. The quantitative estimate of drug-likeness (QED) is 0.715. The Morgan fingerprint density at radius 3 is 2.75 bits per heavy atom. The summed E-state index contributed by atoms with van der Waals surface area (Å²) in [4.78, 5) is 22.4. The highest BCUT2D eigenvalue weighted by Gasteiger charge is 2.18. The van der Waals surface area contributed by atoms with Crippen LogP contribution in [0.3, 0.4) is 0 Å². The lowest BCUT2D eigenvalue weighted by atomic mass is 10.4. The molecule has 16 heavy (non-hydrogen) atoms. The number of aryl methyl sites for hydroxylation is 1. The first-order valence-corrected chi connectivity index (χ1v) is 5.45. The summed E-state index contributed by atoms with van der Waals surface area (Å²) < 4.78 is 1.70. The topological polar surface area (TPSA) is 88.9 Å². The first kappa shape index (κ1) is 12.5. The number of amides is 3. The molecule has 88 valence electrons. The first-order chi connectivity index (χ1) is 7.54. The molecule has 8 heteroatoms. The molecular formula is C8H13N5O2S. The molecule has 0 saturated heterocycles. The van der Waals surface area contributed by atoms with E-state index in [0.717, 1.165) is 0 Å². The number of rotatable bonds is 3. The number of nitrogens with zero attached hydrogens (tertiary/aromatic N) is 3. The fraction of sp³-hybridized carbons (Fsp3) is 0.500. The summed E-state index contributed by atoms with van der Waals surface area (Å²) in [5, 5.41) is 12.2. The lowest BCUT2D eigenvalue weighted by Gasteiger charge is -2.09. The molecule has 1 rings (SSSR count). The fourth-order valence-electron chi connectivity index (χ4n) is 0.867. The van der Waals surface area contributed by atoms with Crippen molar-refractivity contribution in [1.82, 2.24) is 25.4 Å². The van der Waals surface area contributed by atoms with Gasteiger partial charge in [0.05, 0.1) is 5.25 Å². The van der Waals surface area contributed by atoms with Crippen LogP contribution in [0.15, 0.2) is 11.5 Å². The molecule has 0 unspecified atom stereocenters. The van der Waals surface area contributed by atoms with Crippen LogP contribution in [0, 0.1) is 0 Å². The monoisotopic (exact) mass is 243 g/mol. The van der Waals surface area contributed by atoms with Gasteiger partial charge in [0.2, 0.25) is 5.91 Å². The Morgan fingerprint density at radius 1 is 1.56 bits per heavy atom. The van der Waals surface area contributed by atoms with E-state index in [1.807, 2.05) is 0 Å². The number of nitrogens with one attached hydrogen (secondary N) is 2. The summed E-state index contributed by atoms with van der Waals surface area (Å²) in [6.45, 7) is 1.69. The van der Waals surface area contributed by atoms with E-state index >= 15 is 0 Å². The molecule has 0 bridgehead atoms. The Bertz CT molecular complexity index is 392. The average molecular weight is 243 g/mol. The zero-order chi connectivity index (χ0) is 12.1. The largest absolute Gasteiger partial charge is 0.341 e.